The van der Waals surface area contributed by atoms with Crippen LogP contribution >= 0.6 is 0 Å². The van der Waals surface area contributed by atoms with E-state index < -0.39 is 0 Å². The van der Waals surface area contributed by atoms with Crippen LogP contribution in [-0.2, 0) is 22.6 Å². The zero-order chi connectivity index (χ0) is 24.0. The van der Waals surface area contributed by atoms with E-state index in [0.29, 0.717) is 16.8 Å². The van der Waals surface area contributed by atoms with Crippen LogP contribution in [0.15, 0.2) is 18.2 Å². The van der Waals surface area contributed by atoms with Crippen molar-refractivity contribution in [3.05, 3.63) is 52.1 Å². The van der Waals surface area contributed by atoms with Crippen LogP contribution in [0.2, 0.25) is 0 Å². The summed E-state index contributed by atoms with van der Waals surface area (Å²) >= 11 is 0. The van der Waals surface area contributed by atoms with Crippen LogP contribution in [0.5, 0.6) is 0 Å². The summed E-state index contributed by atoms with van der Waals surface area (Å²) in [5, 5.41) is 3.14. The van der Waals surface area contributed by atoms with Crippen molar-refractivity contribution in [2.24, 2.45) is 5.92 Å². The molecule has 1 aliphatic carbocycles. The molecule has 2 N–H and O–H groups in total. The number of nitrogens with zero attached hydrogens (tertiary/aromatic N) is 2. The van der Waals surface area contributed by atoms with Gasteiger partial charge in [-0.3, -0.25) is 14.4 Å². The van der Waals surface area contributed by atoms with Gasteiger partial charge in [0, 0.05) is 36.2 Å². The Hall–Kier alpha value is -3.16. The normalized spacial score (nSPS) is 21.9. The van der Waals surface area contributed by atoms with E-state index in [1.165, 1.54) is 12.1 Å². The van der Waals surface area contributed by atoms with E-state index in [1.807, 2.05) is 18.7 Å². The van der Waals surface area contributed by atoms with Crippen LogP contribution in [0.25, 0.3) is 0 Å². The van der Waals surface area contributed by atoms with E-state index in [2.05, 4.69) is 10.3 Å². The number of carbonyl (C=O) groups is 3. The number of aromatic amines is 1. The number of halogens is 1. The lowest BCUT2D eigenvalue weighted by Crippen LogP contribution is -2.45. The lowest BCUT2D eigenvalue weighted by atomic mass is 10.0. The summed E-state index contributed by atoms with van der Waals surface area (Å²) < 4.78 is 13.6. The van der Waals surface area contributed by atoms with Gasteiger partial charge in [-0.2, -0.15) is 0 Å². The maximum atomic E-state index is 13.6. The molecule has 0 unspecified atom stereocenters. The Kier molecular flexibility index (Phi) is 5.91. The summed E-state index contributed by atoms with van der Waals surface area (Å²) in [6.07, 6.45) is 4.84. The predicted molar refractivity (Wildman–Crippen MR) is 126 cm³/mol. The molecule has 2 atom stereocenters. The lowest BCUT2D eigenvalue weighted by molar-refractivity contribution is -0.134. The van der Waals surface area contributed by atoms with Gasteiger partial charge in [0.25, 0.3) is 5.91 Å². The van der Waals surface area contributed by atoms with E-state index in [-0.39, 0.29) is 48.5 Å². The molecular weight excluding hydrogens is 435 g/mol. The monoisotopic (exact) mass is 466 g/mol. The number of nitrogens with one attached hydrogen (secondary N) is 2. The number of aromatic nitrogens is 1. The van der Waals surface area contributed by atoms with Crippen LogP contribution in [0.1, 0.15) is 65.0 Å². The number of fused-ring (bicyclic) bond motifs is 1. The van der Waals surface area contributed by atoms with Gasteiger partial charge in [-0.25, -0.2) is 4.39 Å². The second kappa shape index (κ2) is 8.89. The molecule has 5 rings (SSSR count). The Morgan fingerprint density at radius 3 is 2.68 bits per heavy atom. The van der Waals surface area contributed by atoms with Gasteiger partial charge in [0.2, 0.25) is 11.8 Å². The first-order chi connectivity index (χ1) is 16.3. The number of hydrogen-bond acceptors (Lipinski definition) is 3. The second-order valence-electron chi connectivity index (χ2n) is 9.81. The fraction of sp³-hybridized carbons (Fsp3) is 0.500. The van der Waals surface area contributed by atoms with Crippen molar-refractivity contribution < 1.29 is 18.8 Å². The van der Waals surface area contributed by atoms with Crippen LogP contribution < -0.4 is 10.2 Å². The van der Waals surface area contributed by atoms with Crippen molar-refractivity contribution >= 4 is 23.4 Å². The SMILES string of the molecule is Cc1[nH]c(CN2C(=O)Cc3cc(F)ccc32)c(C)c1C(=O)N[C@@H]1CCC[C@@H]1C(=O)N1CCCC1. The van der Waals surface area contributed by atoms with E-state index in [0.717, 1.165) is 62.1 Å². The van der Waals surface area contributed by atoms with Crippen molar-refractivity contribution in [2.45, 2.75) is 65.0 Å². The lowest BCUT2D eigenvalue weighted by Gasteiger charge is -2.25. The van der Waals surface area contributed by atoms with Gasteiger partial charge in [-0.1, -0.05) is 6.42 Å². The Balaban J connectivity index is 1.32. The second-order valence-corrected chi connectivity index (χ2v) is 9.81. The first kappa shape index (κ1) is 22.6. The average Bonchev–Trinajstić information content (AvgIpc) is 3.57. The summed E-state index contributed by atoms with van der Waals surface area (Å²) in [5.74, 6) is -0.606. The number of anilines is 1. The molecule has 2 aromatic rings. The Morgan fingerprint density at radius 2 is 1.91 bits per heavy atom. The first-order valence-corrected chi connectivity index (χ1v) is 12.2. The third kappa shape index (κ3) is 3.99. The van der Waals surface area contributed by atoms with Gasteiger partial charge in [0.1, 0.15) is 5.82 Å². The summed E-state index contributed by atoms with van der Waals surface area (Å²) in [7, 11) is 0. The van der Waals surface area contributed by atoms with Crippen LogP contribution in [-0.4, -0.2) is 46.7 Å². The highest BCUT2D eigenvalue weighted by atomic mass is 19.1. The number of hydrogen-bond donors (Lipinski definition) is 2. The quantitative estimate of drug-likeness (QED) is 0.709. The van der Waals surface area contributed by atoms with Gasteiger partial charge < -0.3 is 20.1 Å². The number of likely N-dealkylation sites (tertiary alicyclic amines) is 1. The first-order valence-electron chi connectivity index (χ1n) is 12.2. The average molecular weight is 467 g/mol. The van der Waals surface area contributed by atoms with E-state index in [1.54, 1.807) is 11.0 Å². The van der Waals surface area contributed by atoms with E-state index in [9.17, 15) is 18.8 Å². The maximum absolute atomic E-state index is 13.6. The molecule has 1 aromatic carbocycles. The van der Waals surface area contributed by atoms with E-state index >= 15 is 0 Å². The fourth-order valence-electron chi connectivity index (χ4n) is 5.84. The largest absolute Gasteiger partial charge is 0.360 e. The highest BCUT2D eigenvalue weighted by Crippen LogP contribution is 2.33. The van der Waals surface area contributed by atoms with Gasteiger partial charge in [-0.15, -0.1) is 0 Å². The number of benzene rings is 1. The van der Waals surface area contributed by atoms with Gasteiger partial charge in [0.15, 0.2) is 0 Å². The highest BCUT2D eigenvalue weighted by Gasteiger charge is 2.38. The van der Waals surface area contributed by atoms with Crippen molar-refractivity contribution in [3.63, 3.8) is 0 Å². The molecule has 0 radical (unpaired) electrons. The minimum atomic E-state index is -0.354. The Labute approximate surface area is 198 Å². The van der Waals surface area contributed by atoms with Crippen LogP contribution in [0.4, 0.5) is 10.1 Å². The number of aryl methyl sites for hydroxylation is 1. The summed E-state index contributed by atoms with van der Waals surface area (Å²) in [4.78, 5) is 45.7. The van der Waals surface area contributed by atoms with E-state index in [4.69, 9.17) is 0 Å². The zero-order valence-corrected chi connectivity index (χ0v) is 19.7. The molecule has 8 heteroatoms. The third-order valence-electron chi connectivity index (χ3n) is 7.63. The van der Waals surface area contributed by atoms with Crippen LogP contribution in [0, 0.1) is 25.6 Å². The third-order valence-corrected chi connectivity index (χ3v) is 7.63. The molecule has 3 aliphatic rings. The molecule has 1 saturated heterocycles. The molecule has 2 aliphatic heterocycles. The van der Waals surface area contributed by atoms with Gasteiger partial charge in [-0.05, 0) is 68.9 Å². The van der Waals surface area contributed by atoms with Crippen molar-refractivity contribution in [3.8, 4) is 0 Å². The maximum Gasteiger partial charge on any atom is 0.253 e. The molecule has 7 nitrogen and oxygen atoms in total. The summed E-state index contributed by atoms with van der Waals surface area (Å²) in [6.45, 7) is 5.65. The number of carbonyl (C=O) groups excluding carboxylic acids is 3. The molecule has 34 heavy (non-hydrogen) atoms. The standard InChI is InChI=1S/C26H31FN4O3/c1-15-21(14-31-22-9-8-18(27)12-17(22)13-23(31)32)28-16(2)24(15)25(33)29-20-7-5-6-19(20)26(34)30-10-3-4-11-30/h8-9,12,19-20,28H,3-7,10-11,13-14H2,1-2H3,(H,29,33)/t19-,20+/m0/s1. The molecule has 2 fully saturated rings. The molecule has 1 saturated carbocycles. The molecule has 0 spiro atoms. The Morgan fingerprint density at radius 1 is 1.15 bits per heavy atom. The summed E-state index contributed by atoms with van der Waals surface area (Å²) in [5.41, 5.74) is 4.26. The minimum Gasteiger partial charge on any atom is -0.360 e. The van der Waals surface area contributed by atoms with Crippen LogP contribution in [0.3, 0.4) is 0 Å². The minimum absolute atomic E-state index is 0.0903. The molecule has 3 heterocycles. The Bertz CT molecular complexity index is 1150. The van der Waals surface area contributed by atoms with Gasteiger partial charge >= 0.3 is 0 Å². The molecule has 180 valence electrons. The molecule has 0 bridgehead atoms. The zero-order valence-electron chi connectivity index (χ0n) is 19.7. The topological polar surface area (TPSA) is 85.5 Å². The van der Waals surface area contributed by atoms with Crippen molar-refractivity contribution in [2.75, 3.05) is 18.0 Å². The molecule has 1 aromatic heterocycles. The number of amides is 3. The predicted octanol–water partition coefficient (Wildman–Crippen LogP) is 3.38. The van der Waals surface area contributed by atoms with Crippen molar-refractivity contribution in [1.29, 1.82) is 0 Å². The summed E-state index contributed by atoms with van der Waals surface area (Å²) in [6, 6.07) is 4.24. The molecule has 3 amide bonds. The van der Waals surface area contributed by atoms with Crippen molar-refractivity contribution in [1.82, 2.24) is 15.2 Å². The fourth-order valence-corrected chi connectivity index (χ4v) is 5.84. The highest BCUT2D eigenvalue weighted by molar-refractivity contribution is 6.01. The number of H-pyrrole nitrogens is 1. The number of rotatable bonds is 5. The molecular formula is C26H31FN4O3. The van der Waals surface area contributed by atoms with Gasteiger partial charge in [0.05, 0.1) is 24.4 Å². The smallest absolute Gasteiger partial charge is 0.253 e.